The van der Waals surface area contributed by atoms with Gasteiger partial charge in [-0.25, -0.2) is 27.6 Å². The second-order valence-electron chi connectivity index (χ2n) is 41.0. The topological polar surface area (TPSA) is 391 Å². The molecule has 0 saturated heterocycles. The first-order valence-electron chi connectivity index (χ1n) is 50.8. The van der Waals surface area contributed by atoms with Crippen molar-refractivity contribution in [2.75, 3.05) is 139 Å². The van der Waals surface area contributed by atoms with E-state index in [9.17, 15) is 52.1 Å². The van der Waals surface area contributed by atoms with Gasteiger partial charge in [-0.2, -0.15) is 0 Å². The zero-order valence-corrected chi connectivity index (χ0v) is 90.9. The van der Waals surface area contributed by atoms with Gasteiger partial charge in [-0.05, 0) is 240 Å². The lowest BCUT2D eigenvalue weighted by molar-refractivity contribution is -0.0581. The molecule has 1 amide bonds. The van der Waals surface area contributed by atoms with E-state index in [0.717, 1.165) is 140 Å². The Bertz CT molecular complexity index is 3660. The Morgan fingerprint density at radius 1 is 0.470 bits per heavy atom. The fourth-order valence-corrected chi connectivity index (χ4v) is 24.0. The monoisotopic (exact) mass is 2010 g/mol. The Balaban J connectivity index is 0.000000435. The number of allylic oxidation sites excluding steroid dienone is 1. The zero-order chi connectivity index (χ0) is 99.7. The molecule has 9 unspecified atom stereocenters. The standard InChI is InChI=1S/C41H74NO9P.C38H70O11P2.C19H42O10P2/c1-30(2)11-9-12-31(3)35-15-16-36-34-14-13-32-29-33(17-19-40(32,7)37(34)18-20-41(35,36)8)50-38(43)42-21-10-22-46-23-24-47-25-26-48-27-28-49-52(44,45)51-39(4,5)6;1-28(2)14-11-15-30(5)16-12-17-31(6)18-13-20-38(10)21-19-35-34(9)36(32(7)33(8)37(35)47-38)49-51(41,42)46-27-25-44-23-22-43-24-26-45-50(39,40)48-29(3)4;1-4-5-6-7-8-9-10-11-12-26-30(20,21)27-17-15-24-13-14-25-16-18-28-31(22,23)29-19(2)3/h13,30-31,33-37H,9-12,14-29H2,1-8H3,(H,42,43)(H,44,45);28-31H,11-27H2,1-10H3,(H,39,40)(H,41,42);19H,4-18H2,1-3H3,(H,20,21)(H,22,23)/t31-,33+,34?,35?,36?,37?,40+,41-;30-,31-,38+;/m11./s1. The fraction of sp³-hybridized carbons (Fsp3) is 0.908. The van der Waals surface area contributed by atoms with Gasteiger partial charge in [0.25, 0.3) is 0 Å². The molecule has 5 aliphatic rings. The number of nitrogens with one attached hydrogen (secondary N) is 1. The fourth-order valence-electron chi connectivity index (χ4n) is 19.5. The quantitative estimate of drug-likeness (QED) is 0.0200. The molecular formula is C98H186NO30P5. The summed E-state index contributed by atoms with van der Waals surface area (Å²) >= 11 is 0. The van der Waals surface area contributed by atoms with Crippen LogP contribution in [-0.4, -0.2) is 199 Å². The van der Waals surface area contributed by atoms with E-state index in [1.165, 1.54) is 128 Å². The summed E-state index contributed by atoms with van der Waals surface area (Å²) in [5.74, 6) is 8.54. The highest BCUT2D eigenvalue weighted by atomic mass is 31.2. The average molecular weight is 2010 g/mol. The van der Waals surface area contributed by atoms with Gasteiger partial charge in [0.2, 0.25) is 0 Å². The smallest absolute Gasteiger partial charge is 0.487 e. The highest BCUT2D eigenvalue weighted by molar-refractivity contribution is 7.48. The molecule has 31 nitrogen and oxygen atoms in total. The number of phosphoric acid groups is 5. The van der Waals surface area contributed by atoms with E-state index in [0.29, 0.717) is 63.1 Å². The highest BCUT2D eigenvalue weighted by Gasteiger charge is 2.59. The molecule has 0 aromatic heterocycles. The van der Waals surface area contributed by atoms with Crippen molar-refractivity contribution in [2.24, 2.45) is 64.1 Å². The van der Waals surface area contributed by atoms with Crippen molar-refractivity contribution in [1.82, 2.24) is 5.32 Å². The molecule has 16 atom stereocenters. The predicted molar refractivity (Wildman–Crippen MR) is 526 cm³/mol. The first kappa shape index (κ1) is 124. The molecule has 3 saturated carbocycles. The van der Waals surface area contributed by atoms with Crippen molar-refractivity contribution in [3.8, 4) is 11.5 Å². The number of benzene rings is 1. The van der Waals surface area contributed by atoms with Gasteiger partial charge in [0, 0.05) is 25.1 Å². The lowest BCUT2D eigenvalue weighted by atomic mass is 9.47. The van der Waals surface area contributed by atoms with Crippen LogP contribution in [0.3, 0.4) is 0 Å². The van der Waals surface area contributed by atoms with Gasteiger partial charge in [-0.3, -0.25) is 45.6 Å². The molecule has 6 rings (SSSR count). The molecule has 1 aliphatic heterocycles. The van der Waals surface area contributed by atoms with Crippen LogP contribution in [0.2, 0.25) is 0 Å². The summed E-state index contributed by atoms with van der Waals surface area (Å²) in [6, 6.07) is 0. The van der Waals surface area contributed by atoms with Crippen LogP contribution in [0.15, 0.2) is 11.6 Å². The number of alkyl carbamates (subject to hydrolysis) is 1. The van der Waals surface area contributed by atoms with Gasteiger partial charge in [0.05, 0.1) is 143 Å². The Morgan fingerprint density at radius 2 is 0.918 bits per heavy atom. The van der Waals surface area contributed by atoms with E-state index in [1.54, 1.807) is 54.0 Å². The largest absolute Gasteiger partial charge is 0.527 e. The Hall–Kier alpha value is -1.86. The zero-order valence-electron chi connectivity index (χ0n) is 86.5. The summed E-state index contributed by atoms with van der Waals surface area (Å²) in [5, 5.41) is 2.91. The number of carbonyl (C=O) groups is 1. The molecular weight excluding hydrogens is 1830 g/mol. The number of ether oxygens (including phenoxy) is 9. The average Bonchev–Trinajstić information content (AvgIpc) is 1.47. The molecule has 1 aromatic rings. The first-order chi connectivity index (χ1) is 63.1. The summed E-state index contributed by atoms with van der Waals surface area (Å²) in [6.45, 7) is 47.3. The predicted octanol–water partition coefficient (Wildman–Crippen LogP) is 24.5. The lowest BCUT2D eigenvalue weighted by Crippen LogP contribution is -2.51. The highest BCUT2D eigenvalue weighted by Crippen LogP contribution is 2.68. The van der Waals surface area contributed by atoms with E-state index in [4.69, 9.17) is 87.9 Å². The minimum absolute atomic E-state index is 0.0453. The third-order valence-electron chi connectivity index (χ3n) is 26.5. The van der Waals surface area contributed by atoms with Crippen molar-refractivity contribution in [3.05, 3.63) is 33.9 Å². The SMILES string of the molecule is CC(C)CCC[C@@H](C)C1CCC2C3CC=C4C[C@@H](OC(=O)NCCCOCCOCCOCCOP(=O)(O)OC(C)(C)C)CC[C@]4(C)C3CC[C@@]21C.CCCCCCCCCCOP(=O)(O)OCCOCCOCCOP(=O)(O)OC(C)C.Cc1c(C)c2c(c(C)c1OP(=O)(O)OCCOCCOCCOP(=O)(O)OC(C)C)CC[C@](C)(CCC[C@H](C)CCC[C@H](C)CCCC(C)C)O2. The molecule has 4 aliphatic carbocycles. The molecule has 134 heavy (non-hydrogen) atoms. The molecule has 1 aromatic carbocycles. The number of phosphoric ester groups is 5. The second kappa shape index (κ2) is 64.8. The minimum Gasteiger partial charge on any atom is -0.487 e. The van der Waals surface area contributed by atoms with Gasteiger partial charge >= 0.3 is 45.2 Å². The third-order valence-corrected chi connectivity index (χ3v) is 32.2. The molecule has 0 radical (unpaired) electrons. The van der Waals surface area contributed by atoms with Crippen LogP contribution in [0, 0.1) is 84.9 Å². The van der Waals surface area contributed by atoms with Crippen molar-refractivity contribution in [2.45, 2.75) is 374 Å². The number of hydrogen-bond donors (Lipinski definition) is 6. The molecule has 36 heteroatoms. The second-order valence-corrected chi connectivity index (χ2v) is 48.0. The molecule has 1 heterocycles. The number of unbranched alkanes of at least 4 members (excludes halogenated alkanes) is 7. The molecule has 0 spiro atoms. The summed E-state index contributed by atoms with van der Waals surface area (Å²) in [5.41, 5.74) is 4.77. The number of hydrogen-bond acceptors (Lipinski definition) is 25. The number of carbonyl (C=O) groups excluding carboxylic acids is 1. The Labute approximate surface area is 808 Å². The maximum absolute atomic E-state index is 12.9. The Kier molecular flexibility index (Phi) is 60.2. The van der Waals surface area contributed by atoms with Crippen LogP contribution in [0.1, 0.15) is 340 Å². The Morgan fingerprint density at radius 3 is 1.42 bits per heavy atom. The van der Waals surface area contributed by atoms with Crippen molar-refractivity contribution < 1.29 is 140 Å². The summed E-state index contributed by atoms with van der Waals surface area (Å²) in [7, 11) is -20.7. The van der Waals surface area contributed by atoms with Gasteiger partial charge in [0.15, 0.2) is 0 Å². The van der Waals surface area contributed by atoms with Crippen LogP contribution in [0.25, 0.3) is 0 Å². The van der Waals surface area contributed by atoms with E-state index in [-0.39, 0.29) is 122 Å². The number of amides is 1. The van der Waals surface area contributed by atoms with Crippen molar-refractivity contribution in [3.63, 3.8) is 0 Å². The first-order valence-corrected chi connectivity index (χ1v) is 58.3. The maximum atomic E-state index is 12.9. The lowest BCUT2D eigenvalue weighted by Gasteiger charge is -2.58. The van der Waals surface area contributed by atoms with Crippen LogP contribution >= 0.6 is 39.1 Å². The van der Waals surface area contributed by atoms with Crippen LogP contribution in [0.5, 0.6) is 11.5 Å². The van der Waals surface area contributed by atoms with Gasteiger partial charge in [0.1, 0.15) is 23.2 Å². The van der Waals surface area contributed by atoms with Crippen molar-refractivity contribution >= 4 is 45.2 Å². The maximum Gasteiger partial charge on any atom is 0.527 e. The molecule has 0 bridgehead atoms. The molecule has 788 valence electrons. The van der Waals surface area contributed by atoms with Gasteiger partial charge < -0.3 is 72.0 Å². The van der Waals surface area contributed by atoms with E-state index in [1.807, 2.05) is 20.8 Å². The normalized spacial score (nSPS) is 23.6. The van der Waals surface area contributed by atoms with E-state index >= 15 is 0 Å². The van der Waals surface area contributed by atoms with E-state index in [2.05, 4.69) is 87.6 Å². The van der Waals surface area contributed by atoms with Crippen molar-refractivity contribution in [1.29, 1.82) is 0 Å². The number of rotatable bonds is 71. The number of fused-ring (bicyclic) bond motifs is 6. The van der Waals surface area contributed by atoms with Crippen LogP contribution in [0.4, 0.5) is 4.79 Å². The summed E-state index contributed by atoms with van der Waals surface area (Å²) in [6.07, 6.45) is 38.0. The summed E-state index contributed by atoms with van der Waals surface area (Å²) in [4.78, 5) is 61.3. The minimum atomic E-state index is -4.42. The molecule has 6 N–H and O–H groups in total. The van der Waals surface area contributed by atoms with Crippen LogP contribution in [-0.2, 0) is 108 Å². The third kappa shape index (κ3) is 51.6. The summed E-state index contributed by atoms with van der Waals surface area (Å²) < 4.78 is 159. The molecule has 3 fully saturated rings. The van der Waals surface area contributed by atoms with Gasteiger partial charge in [-0.15, -0.1) is 0 Å². The van der Waals surface area contributed by atoms with Gasteiger partial charge in [-0.1, -0.05) is 190 Å². The van der Waals surface area contributed by atoms with E-state index < -0.39 is 56.9 Å². The van der Waals surface area contributed by atoms with Crippen LogP contribution < -0.4 is 14.6 Å².